The van der Waals surface area contributed by atoms with E-state index in [9.17, 15) is 18.0 Å². The molecule has 0 saturated heterocycles. The summed E-state index contributed by atoms with van der Waals surface area (Å²) in [6.07, 6.45) is 0.747. The van der Waals surface area contributed by atoms with Crippen LogP contribution in [-0.2, 0) is 26.2 Å². The van der Waals surface area contributed by atoms with Crippen molar-refractivity contribution in [2.24, 2.45) is 0 Å². The molecule has 0 bridgehead atoms. The number of anilines is 1. The smallest absolute Gasteiger partial charge is 0.264 e. The Balaban J connectivity index is 2.03. The highest BCUT2D eigenvalue weighted by molar-refractivity contribution is 7.92. The highest BCUT2D eigenvalue weighted by atomic mass is 35.5. The number of hydrogen-bond donors (Lipinski definition) is 1. The Kier molecular flexibility index (Phi) is 9.94. The van der Waals surface area contributed by atoms with Gasteiger partial charge in [0.1, 0.15) is 12.6 Å². The van der Waals surface area contributed by atoms with Gasteiger partial charge in [-0.1, -0.05) is 54.9 Å². The van der Waals surface area contributed by atoms with Crippen LogP contribution in [0.15, 0.2) is 77.7 Å². The third-order valence-electron chi connectivity index (χ3n) is 6.35. The molecule has 3 rings (SSSR count). The van der Waals surface area contributed by atoms with Crippen LogP contribution >= 0.6 is 11.6 Å². The van der Waals surface area contributed by atoms with Gasteiger partial charge in [-0.2, -0.15) is 0 Å². The molecule has 7 nitrogen and oxygen atoms in total. The molecule has 0 radical (unpaired) electrons. The van der Waals surface area contributed by atoms with Gasteiger partial charge in [0, 0.05) is 18.1 Å². The lowest BCUT2D eigenvalue weighted by Crippen LogP contribution is -2.51. The van der Waals surface area contributed by atoms with Crippen molar-refractivity contribution in [3.8, 4) is 0 Å². The van der Waals surface area contributed by atoms with E-state index in [4.69, 9.17) is 11.6 Å². The maximum Gasteiger partial charge on any atom is 0.264 e. The normalized spacial score (nSPS) is 12.0. The number of sulfonamides is 1. The molecule has 0 aliphatic carbocycles. The van der Waals surface area contributed by atoms with Crippen LogP contribution in [0.25, 0.3) is 0 Å². The summed E-state index contributed by atoms with van der Waals surface area (Å²) in [4.78, 5) is 28.2. The molecule has 3 aromatic carbocycles. The lowest BCUT2D eigenvalue weighted by atomic mass is 10.1. The zero-order valence-electron chi connectivity index (χ0n) is 22.1. The number of amides is 2. The van der Waals surface area contributed by atoms with E-state index in [0.29, 0.717) is 17.3 Å². The van der Waals surface area contributed by atoms with Crippen LogP contribution in [0.1, 0.15) is 37.0 Å². The molecule has 3 aromatic rings. The maximum atomic E-state index is 13.9. The molecule has 1 unspecified atom stereocenters. The molecule has 202 valence electrons. The van der Waals surface area contributed by atoms with E-state index < -0.39 is 28.5 Å². The highest BCUT2D eigenvalue weighted by Gasteiger charge is 2.32. The van der Waals surface area contributed by atoms with Gasteiger partial charge in [-0.3, -0.25) is 13.9 Å². The minimum absolute atomic E-state index is 0.0705. The minimum Gasteiger partial charge on any atom is -0.354 e. The summed E-state index contributed by atoms with van der Waals surface area (Å²) >= 11 is 6.17. The summed E-state index contributed by atoms with van der Waals surface area (Å²) in [5, 5.41) is 3.33. The summed E-state index contributed by atoms with van der Waals surface area (Å²) in [5.74, 6) is -0.826. The SMILES string of the molecule is CCCNC(=O)C(C)N(Cc1cccc(Cl)c1)C(=O)CN(c1ccc(C)c(C)c1)S(=O)(=O)c1ccccc1. The van der Waals surface area contributed by atoms with Crippen LogP contribution in [-0.4, -0.2) is 44.3 Å². The Morgan fingerprint density at radius 1 is 0.947 bits per heavy atom. The summed E-state index contributed by atoms with van der Waals surface area (Å²) in [5.41, 5.74) is 2.99. The number of nitrogens with one attached hydrogen (secondary N) is 1. The Labute approximate surface area is 230 Å². The first kappa shape index (κ1) is 29.2. The third kappa shape index (κ3) is 7.14. The van der Waals surface area contributed by atoms with Crippen molar-refractivity contribution in [3.05, 3.63) is 94.5 Å². The number of benzene rings is 3. The number of rotatable bonds is 11. The Morgan fingerprint density at radius 3 is 2.29 bits per heavy atom. The Morgan fingerprint density at radius 2 is 1.66 bits per heavy atom. The Bertz CT molecular complexity index is 1380. The zero-order valence-corrected chi connectivity index (χ0v) is 23.7. The number of carbonyl (C=O) groups excluding carboxylic acids is 2. The molecule has 0 aliphatic heterocycles. The number of carbonyl (C=O) groups is 2. The molecule has 1 atom stereocenters. The van der Waals surface area contributed by atoms with Gasteiger partial charge in [0.05, 0.1) is 10.6 Å². The third-order valence-corrected chi connectivity index (χ3v) is 8.37. The van der Waals surface area contributed by atoms with Crippen molar-refractivity contribution in [3.63, 3.8) is 0 Å². The molecule has 0 fully saturated rings. The fourth-order valence-corrected chi connectivity index (χ4v) is 5.58. The fourth-order valence-electron chi connectivity index (χ4n) is 3.94. The van der Waals surface area contributed by atoms with Crippen molar-refractivity contribution >= 4 is 39.1 Å². The van der Waals surface area contributed by atoms with E-state index in [1.54, 1.807) is 55.5 Å². The van der Waals surface area contributed by atoms with E-state index in [1.807, 2.05) is 32.9 Å². The van der Waals surface area contributed by atoms with Crippen LogP contribution in [0.3, 0.4) is 0 Å². The first-order valence-corrected chi connectivity index (χ1v) is 14.3. The topological polar surface area (TPSA) is 86.8 Å². The minimum atomic E-state index is -4.09. The van der Waals surface area contributed by atoms with Crippen molar-refractivity contribution < 1.29 is 18.0 Å². The van der Waals surface area contributed by atoms with Gasteiger partial charge in [0.15, 0.2) is 0 Å². The zero-order chi connectivity index (χ0) is 27.9. The summed E-state index contributed by atoms with van der Waals surface area (Å²) in [7, 11) is -4.09. The number of nitrogens with zero attached hydrogens (tertiary/aromatic N) is 2. The molecule has 38 heavy (non-hydrogen) atoms. The monoisotopic (exact) mass is 555 g/mol. The fraction of sp³-hybridized carbons (Fsp3) is 0.310. The second-order valence-corrected chi connectivity index (χ2v) is 11.5. The standard InChI is InChI=1S/C29H34ClN3O4S/c1-5-16-31-29(35)23(4)32(19-24-10-9-11-25(30)18-24)28(34)20-33(26-15-14-21(2)22(3)17-26)38(36,37)27-12-7-6-8-13-27/h6-15,17-18,23H,5,16,19-20H2,1-4H3,(H,31,35). The number of hydrogen-bond acceptors (Lipinski definition) is 4. The summed E-state index contributed by atoms with van der Waals surface area (Å²) in [6, 6.07) is 19.5. The van der Waals surface area contributed by atoms with Crippen LogP contribution in [0, 0.1) is 13.8 Å². The molecule has 1 N–H and O–H groups in total. The second-order valence-electron chi connectivity index (χ2n) is 9.21. The maximum absolute atomic E-state index is 13.9. The van der Waals surface area contributed by atoms with Crippen LogP contribution < -0.4 is 9.62 Å². The van der Waals surface area contributed by atoms with Crippen LogP contribution in [0.5, 0.6) is 0 Å². The van der Waals surface area contributed by atoms with Crippen LogP contribution in [0.2, 0.25) is 5.02 Å². The average Bonchev–Trinajstić information content (AvgIpc) is 2.90. The van der Waals surface area contributed by atoms with Crippen molar-refractivity contribution in [2.45, 2.75) is 51.6 Å². The predicted molar refractivity (Wildman–Crippen MR) is 152 cm³/mol. The summed E-state index contributed by atoms with van der Waals surface area (Å²) < 4.78 is 28.7. The van der Waals surface area contributed by atoms with Crippen molar-refractivity contribution in [1.82, 2.24) is 10.2 Å². The second kappa shape index (κ2) is 12.9. The number of aryl methyl sites for hydroxylation is 2. The molecule has 2 amide bonds. The van der Waals surface area contributed by atoms with E-state index in [0.717, 1.165) is 27.4 Å². The van der Waals surface area contributed by atoms with Crippen molar-refractivity contribution in [1.29, 1.82) is 0 Å². The largest absolute Gasteiger partial charge is 0.354 e. The molecular formula is C29H34ClN3O4S. The molecule has 0 spiro atoms. The quantitative estimate of drug-likeness (QED) is 0.357. The van der Waals surface area contributed by atoms with Gasteiger partial charge >= 0.3 is 0 Å². The Hall–Kier alpha value is -3.36. The lowest BCUT2D eigenvalue weighted by molar-refractivity contribution is -0.139. The molecule has 0 aromatic heterocycles. The van der Waals surface area contributed by atoms with Gasteiger partial charge in [-0.25, -0.2) is 8.42 Å². The van der Waals surface area contributed by atoms with Gasteiger partial charge in [-0.15, -0.1) is 0 Å². The van der Waals surface area contributed by atoms with E-state index in [-0.39, 0.29) is 17.3 Å². The first-order chi connectivity index (χ1) is 18.0. The van der Waals surface area contributed by atoms with Gasteiger partial charge in [0.2, 0.25) is 11.8 Å². The van der Waals surface area contributed by atoms with E-state index >= 15 is 0 Å². The van der Waals surface area contributed by atoms with Gasteiger partial charge in [0.25, 0.3) is 10.0 Å². The van der Waals surface area contributed by atoms with Gasteiger partial charge in [-0.05, 0) is 80.3 Å². The first-order valence-electron chi connectivity index (χ1n) is 12.5. The molecule has 0 heterocycles. The van der Waals surface area contributed by atoms with E-state index in [2.05, 4.69) is 5.32 Å². The summed E-state index contributed by atoms with van der Waals surface area (Å²) in [6.45, 7) is 7.48. The highest BCUT2D eigenvalue weighted by Crippen LogP contribution is 2.26. The molecular weight excluding hydrogens is 522 g/mol. The van der Waals surface area contributed by atoms with Crippen LogP contribution in [0.4, 0.5) is 5.69 Å². The molecule has 9 heteroatoms. The molecule has 0 saturated carbocycles. The average molecular weight is 556 g/mol. The van der Waals surface area contributed by atoms with E-state index in [1.165, 1.54) is 17.0 Å². The van der Waals surface area contributed by atoms with Crippen molar-refractivity contribution in [2.75, 3.05) is 17.4 Å². The molecule has 0 aliphatic rings. The predicted octanol–water partition coefficient (Wildman–Crippen LogP) is 5.10. The lowest BCUT2D eigenvalue weighted by Gasteiger charge is -2.32. The van der Waals surface area contributed by atoms with Gasteiger partial charge < -0.3 is 10.2 Å². The number of halogens is 1.